The monoisotopic (exact) mass is 410 g/mol. The van der Waals surface area contributed by atoms with Crippen LogP contribution in [0, 0.1) is 0 Å². The summed E-state index contributed by atoms with van der Waals surface area (Å²) in [7, 11) is 0. The molecule has 1 aliphatic heterocycles. The minimum atomic E-state index is -0.428. The number of carbonyl (C=O) groups is 1. The number of hydrogen-bond donors (Lipinski definition) is 0. The molecule has 0 N–H and O–H groups in total. The molecule has 1 amide bonds. The molecule has 3 heterocycles. The molecule has 0 bridgehead atoms. The van der Waals surface area contributed by atoms with Crippen molar-refractivity contribution in [3.63, 3.8) is 0 Å². The van der Waals surface area contributed by atoms with Crippen LogP contribution in [0.25, 0.3) is 11.7 Å². The summed E-state index contributed by atoms with van der Waals surface area (Å²) in [5.41, 5.74) is 0.952. The minimum absolute atomic E-state index is 0.0729. The SMILES string of the molecule is CCCN(Cc1nnc(-c2ccco2)o1)[C@H](C(=O)N1CCOCC1)c1ccccc1. The zero-order valence-corrected chi connectivity index (χ0v) is 17.1. The second-order valence-electron chi connectivity index (χ2n) is 7.20. The fourth-order valence-electron chi connectivity index (χ4n) is 3.68. The lowest BCUT2D eigenvalue weighted by molar-refractivity contribution is -0.141. The average molecular weight is 410 g/mol. The highest BCUT2D eigenvalue weighted by Crippen LogP contribution is 2.27. The molecule has 4 rings (SSSR count). The number of ether oxygens (including phenoxy) is 1. The maximum absolute atomic E-state index is 13.5. The Bertz CT molecular complexity index is 920. The van der Waals surface area contributed by atoms with E-state index in [1.165, 1.54) is 0 Å². The topological polar surface area (TPSA) is 84.8 Å². The van der Waals surface area contributed by atoms with E-state index in [1.54, 1.807) is 18.4 Å². The lowest BCUT2D eigenvalue weighted by Crippen LogP contribution is -2.47. The third-order valence-corrected chi connectivity index (χ3v) is 5.09. The summed E-state index contributed by atoms with van der Waals surface area (Å²) in [6.07, 6.45) is 2.45. The molecule has 0 aliphatic carbocycles. The van der Waals surface area contributed by atoms with E-state index in [1.807, 2.05) is 35.2 Å². The highest BCUT2D eigenvalue weighted by atomic mass is 16.5. The largest absolute Gasteiger partial charge is 0.459 e. The summed E-state index contributed by atoms with van der Waals surface area (Å²) in [4.78, 5) is 17.5. The van der Waals surface area contributed by atoms with Crippen molar-refractivity contribution >= 4 is 5.91 Å². The van der Waals surface area contributed by atoms with Crippen LogP contribution in [0.4, 0.5) is 0 Å². The highest BCUT2D eigenvalue weighted by Gasteiger charge is 2.33. The van der Waals surface area contributed by atoms with Crippen LogP contribution < -0.4 is 0 Å². The Hall–Kier alpha value is -2.97. The Balaban J connectivity index is 1.61. The van der Waals surface area contributed by atoms with Crippen LogP contribution in [-0.2, 0) is 16.1 Å². The fraction of sp³-hybridized carbons (Fsp3) is 0.409. The molecule has 2 aromatic heterocycles. The molecule has 0 saturated carbocycles. The molecule has 1 aliphatic rings. The van der Waals surface area contributed by atoms with Crippen LogP contribution in [0.3, 0.4) is 0 Å². The highest BCUT2D eigenvalue weighted by molar-refractivity contribution is 5.83. The van der Waals surface area contributed by atoms with Crippen molar-refractivity contribution in [1.82, 2.24) is 20.0 Å². The Morgan fingerprint density at radius 3 is 2.63 bits per heavy atom. The second kappa shape index (κ2) is 9.69. The molecule has 1 atom stereocenters. The summed E-state index contributed by atoms with van der Waals surface area (Å²) in [6, 6.07) is 13.0. The standard InChI is InChI=1S/C22H26N4O4/c1-2-10-26(16-19-23-24-21(30-19)18-9-6-13-29-18)20(17-7-4-3-5-8-17)22(27)25-11-14-28-15-12-25/h3-9,13,20H,2,10-12,14-16H2,1H3/t20-/m0/s1. The molecule has 1 aromatic carbocycles. The lowest BCUT2D eigenvalue weighted by atomic mass is 10.0. The molecular weight excluding hydrogens is 384 g/mol. The number of benzene rings is 1. The van der Waals surface area contributed by atoms with E-state index in [0.29, 0.717) is 56.9 Å². The van der Waals surface area contributed by atoms with Crippen LogP contribution in [-0.4, -0.2) is 58.8 Å². The van der Waals surface area contributed by atoms with Crippen molar-refractivity contribution in [3.05, 3.63) is 60.2 Å². The molecular formula is C22H26N4O4. The number of rotatable bonds is 8. The van der Waals surface area contributed by atoms with Gasteiger partial charge in [-0.2, -0.15) is 0 Å². The van der Waals surface area contributed by atoms with Gasteiger partial charge in [-0.1, -0.05) is 37.3 Å². The first-order valence-corrected chi connectivity index (χ1v) is 10.3. The summed E-state index contributed by atoms with van der Waals surface area (Å²) >= 11 is 0. The van der Waals surface area contributed by atoms with E-state index in [4.69, 9.17) is 13.6 Å². The third-order valence-electron chi connectivity index (χ3n) is 5.09. The zero-order valence-electron chi connectivity index (χ0n) is 17.1. The third kappa shape index (κ3) is 4.60. The van der Waals surface area contributed by atoms with E-state index in [0.717, 1.165) is 12.0 Å². The molecule has 0 spiro atoms. The molecule has 30 heavy (non-hydrogen) atoms. The van der Waals surface area contributed by atoms with Gasteiger partial charge in [0.15, 0.2) is 5.76 Å². The summed E-state index contributed by atoms with van der Waals surface area (Å²) < 4.78 is 16.6. The van der Waals surface area contributed by atoms with Gasteiger partial charge in [-0.3, -0.25) is 9.69 Å². The number of furan rings is 1. The summed E-state index contributed by atoms with van der Waals surface area (Å²) in [5.74, 6) is 1.39. The smallest absolute Gasteiger partial charge is 0.283 e. The molecule has 0 radical (unpaired) electrons. The van der Waals surface area contributed by atoms with Crippen molar-refractivity contribution in [2.24, 2.45) is 0 Å². The minimum Gasteiger partial charge on any atom is -0.459 e. The number of hydrogen-bond acceptors (Lipinski definition) is 7. The van der Waals surface area contributed by atoms with Crippen molar-refractivity contribution in [2.45, 2.75) is 25.9 Å². The maximum atomic E-state index is 13.5. The van der Waals surface area contributed by atoms with Crippen molar-refractivity contribution in [2.75, 3.05) is 32.8 Å². The van der Waals surface area contributed by atoms with Gasteiger partial charge in [0.05, 0.1) is 26.0 Å². The van der Waals surface area contributed by atoms with Gasteiger partial charge in [0.2, 0.25) is 11.8 Å². The zero-order chi connectivity index (χ0) is 20.8. The van der Waals surface area contributed by atoms with Crippen LogP contribution in [0.5, 0.6) is 0 Å². The normalized spacial score (nSPS) is 15.5. The first-order valence-electron chi connectivity index (χ1n) is 10.3. The molecule has 158 valence electrons. The molecule has 8 heteroatoms. The molecule has 8 nitrogen and oxygen atoms in total. The number of carbonyl (C=O) groups excluding carboxylic acids is 1. The van der Waals surface area contributed by atoms with Crippen LogP contribution in [0.1, 0.15) is 30.8 Å². The predicted octanol–water partition coefficient (Wildman–Crippen LogP) is 3.14. The fourth-order valence-corrected chi connectivity index (χ4v) is 3.68. The number of amides is 1. The Morgan fingerprint density at radius 1 is 1.13 bits per heavy atom. The van der Waals surface area contributed by atoms with E-state index in [-0.39, 0.29) is 5.91 Å². The van der Waals surface area contributed by atoms with Crippen LogP contribution in [0.2, 0.25) is 0 Å². The average Bonchev–Trinajstić information content (AvgIpc) is 3.47. The number of morpholine rings is 1. The molecule has 1 saturated heterocycles. The first-order chi connectivity index (χ1) is 14.8. The summed E-state index contributed by atoms with van der Waals surface area (Å²) in [6.45, 7) is 5.52. The molecule has 1 fully saturated rings. The first kappa shape index (κ1) is 20.3. The number of nitrogens with zero attached hydrogens (tertiary/aromatic N) is 4. The van der Waals surface area contributed by atoms with E-state index in [2.05, 4.69) is 22.0 Å². The maximum Gasteiger partial charge on any atom is 0.283 e. The Labute approximate surface area is 175 Å². The van der Waals surface area contributed by atoms with Gasteiger partial charge in [-0.15, -0.1) is 10.2 Å². The summed E-state index contributed by atoms with van der Waals surface area (Å²) in [5, 5.41) is 8.27. The van der Waals surface area contributed by atoms with E-state index >= 15 is 0 Å². The number of aromatic nitrogens is 2. The van der Waals surface area contributed by atoms with Gasteiger partial charge < -0.3 is 18.5 Å². The van der Waals surface area contributed by atoms with Crippen molar-refractivity contribution < 1.29 is 18.4 Å². The van der Waals surface area contributed by atoms with Gasteiger partial charge in [0.1, 0.15) is 6.04 Å². The Morgan fingerprint density at radius 2 is 1.93 bits per heavy atom. The van der Waals surface area contributed by atoms with Gasteiger partial charge in [-0.05, 0) is 30.7 Å². The van der Waals surface area contributed by atoms with Gasteiger partial charge in [0.25, 0.3) is 5.89 Å². The van der Waals surface area contributed by atoms with E-state index < -0.39 is 6.04 Å². The van der Waals surface area contributed by atoms with Crippen molar-refractivity contribution in [1.29, 1.82) is 0 Å². The lowest BCUT2D eigenvalue weighted by Gasteiger charge is -2.35. The van der Waals surface area contributed by atoms with Crippen LogP contribution in [0.15, 0.2) is 57.6 Å². The quantitative estimate of drug-likeness (QED) is 0.564. The molecule has 3 aromatic rings. The van der Waals surface area contributed by atoms with E-state index in [9.17, 15) is 4.79 Å². The van der Waals surface area contributed by atoms with Crippen LogP contribution >= 0.6 is 0 Å². The Kier molecular flexibility index (Phi) is 6.56. The molecule has 0 unspecified atom stereocenters. The second-order valence-corrected chi connectivity index (χ2v) is 7.20. The predicted molar refractivity (Wildman–Crippen MR) is 109 cm³/mol. The van der Waals surface area contributed by atoms with Gasteiger partial charge in [0, 0.05) is 13.1 Å². The van der Waals surface area contributed by atoms with Gasteiger partial charge >= 0.3 is 0 Å². The van der Waals surface area contributed by atoms with Crippen molar-refractivity contribution in [3.8, 4) is 11.7 Å². The van der Waals surface area contributed by atoms with Gasteiger partial charge in [-0.25, -0.2) is 0 Å².